The van der Waals surface area contributed by atoms with E-state index in [1.54, 1.807) is 0 Å². The highest BCUT2D eigenvalue weighted by molar-refractivity contribution is 5.71. The van der Waals surface area contributed by atoms with E-state index in [9.17, 15) is 19.5 Å². The topological polar surface area (TPSA) is 108 Å². The SMILES string of the molecule is CC/C=C\C/C=C\C/C=C\C/C=C\C/C=C\C/C=C\C/C=C\CCCC(=O)OC(COC(=O)CCCCCCCCCCCCCCCC/C=C\C/C=C\C/C=C\CCCCCCC)COC(OCC[N+](C)(C)C)C(=O)O. The number of nitrogens with zero attached hydrogens (tertiary/aromatic N) is 1. The molecule has 0 aromatic rings. The van der Waals surface area contributed by atoms with Crippen LogP contribution in [0.25, 0.3) is 0 Å². The van der Waals surface area contributed by atoms with Crippen molar-refractivity contribution in [1.29, 1.82) is 0 Å². The van der Waals surface area contributed by atoms with Crippen LogP contribution in [0.4, 0.5) is 0 Å². The molecule has 0 rings (SSSR count). The predicted octanol–water partition coefficient (Wildman–Crippen LogP) is 18.5. The third-order valence-corrected chi connectivity index (χ3v) is 12.7. The standard InChI is InChI=1S/C68H113NO8/c1-6-8-10-12-14-16-18-20-22-24-26-28-30-31-32-33-34-35-37-38-40-42-44-46-48-50-52-54-56-58-65(70)75-62-64(63-76-68(67(72)73)74-61-60-69(3,4)5)77-66(71)59-57-55-53-51-49-47-45-43-41-39-36-29-27-25-23-21-19-17-15-13-11-9-7-2/h9,11,15,17-18,20-21,23-24,26-27,29-31,39,41,45,47,51,53,64,68H,6-8,10,12-14,16,19,22,25,28,32-38,40,42-44,46,48-50,52,54-63H2,1-5H3/p+1/b11-9-,17-15-,20-18-,23-21-,26-24-,29-27-,31-30-,41-39-,47-45-,53-51-. The second-order valence-electron chi connectivity index (χ2n) is 21.3. The monoisotopic (exact) mass is 1070 g/mol. The average Bonchev–Trinajstić information content (AvgIpc) is 3.40. The Morgan fingerprint density at radius 1 is 0.403 bits per heavy atom. The first-order valence-electron chi connectivity index (χ1n) is 30.7. The molecule has 0 saturated heterocycles. The number of unbranched alkanes of at least 4 members (excludes halogenated alkanes) is 20. The van der Waals surface area contributed by atoms with E-state index in [1.807, 2.05) is 21.1 Å². The highest BCUT2D eigenvalue weighted by atomic mass is 16.7. The molecule has 0 saturated carbocycles. The third-order valence-electron chi connectivity index (χ3n) is 12.7. The smallest absolute Gasteiger partial charge is 0.361 e. The van der Waals surface area contributed by atoms with Gasteiger partial charge in [-0.05, 0) is 103 Å². The lowest BCUT2D eigenvalue weighted by atomic mass is 10.0. The number of likely N-dealkylation sites (N-methyl/N-ethyl adjacent to an activating group) is 1. The Morgan fingerprint density at radius 2 is 0.753 bits per heavy atom. The summed E-state index contributed by atoms with van der Waals surface area (Å²) in [5.41, 5.74) is 0. The molecule has 2 unspecified atom stereocenters. The van der Waals surface area contributed by atoms with Crippen molar-refractivity contribution in [3.05, 3.63) is 122 Å². The number of quaternary nitrogens is 1. The highest BCUT2D eigenvalue weighted by Crippen LogP contribution is 2.15. The molecular weight excluding hydrogens is 959 g/mol. The summed E-state index contributed by atoms with van der Waals surface area (Å²) in [6, 6.07) is 0. The summed E-state index contributed by atoms with van der Waals surface area (Å²) in [6.45, 7) is 4.68. The highest BCUT2D eigenvalue weighted by Gasteiger charge is 2.25. The fourth-order valence-electron chi connectivity index (χ4n) is 8.01. The Kier molecular flexibility index (Phi) is 54.6. The molecule has 2 atom stereocenters. The van der Waals surface area contributed by atoms with Crippen LogP contribution in [0.5, 0.6) is 0 Å². The molecule has 0 aromatic heterocycles. The fourth-order valence-corrected chi connectivity index (χ4v) is 8.01. The van der Waals surface area contributed by atoms with Crippen molar-refractivity contribution in [2.24, 2.45) is 0 Å². The van der Waals surface area contributed by atoms with E-state index >= 15 is 0 Å². The number of rotatable bonds is 55. The Balaban J connectivity index is 4.30. The Bertz CT molecular complexity index is 1670. The molecule has 438 valence electrons. The zero-order chi connectivity index (χ0) is 56.2. The van der Waals surface area contributed by atoms with Crippen molar-refractivity contribution < 1.29 is 42.9 Å². The van der Waals surface area contributed by atoms with Gasteiger partial charge in [-0.2, -0.15) is 0 Å². The van der Waals surface area contributed by atoms with E-state index in [-0.39, 0.29) is 38.6 Å². The van der Waals surface area contributed by atoms with E-state index in [4.69, 9.17) is 18.9 Å². The van der Waals surface area contributed by atoms with E-state index in [0.29, 0.717) is 23.9 Å². The van der Waals surface area contributed by atoms with Crippen molar-refractivity contribution in [3.63, 3.8) is 0 Å². The number of carbonyl (C=O) groups is 3. The number of carbonyl (C=O) groups excluding carboxylic acids is 2. The molecule has 9 heteroatoms. The molecule has 0 spiro atoms. The molecule has 0 aliphatic rings. The van der Waals surface area contributed by atoms with Crippen molar-refractivity contribution >= 4 is 17.9 Å². The van der Waals surface area contributed by atoms with E-state index in [1.165, 1.54) is 116 Å². The average molecular weight is 1070 g/mol. The molecule has 0 aliphatic carbocycles. The van der Waals surface area contributed by atoms with Gasteiger partial charge in [0.05, 0.1) is 34.4 Å². The number of carboxylic acids is 1. The summed E-state index contributed by atoms with van der Waals surface area (Å²) in [5, 5.41) is 9.71. The first-order valence-corrected chi connectivity index (χ1v) is 30.7. The molecule has 0 aliphatic heterocycles. The van der Waals surface area contributed by atoms with Crippen LogP contribution in [-0.4, -0.2) is 87.4 Å². The molecule has 9 nitrogen and oxygen atoms in total. The summed E-state index contributed by atoms with van der Waals surface area (Å²) in [6.07, 6.45) is 78.7. The largest absolute Gasteiger partial charge is 0.477 e. The minimum atomic E-state index is -1.53. The van der Waals surface area contributed by atoms with Gasteiger partial charge in [0.1, 0.15) is 13.2 Å². The molecule has 0 amide bonds. The number of allylic oxidation sites excluding steroid dienone is 20. The molecule has 0 fully saturated rings. The van der Waals surface area contributed by atoms with Crippen LogP contribution in [0.15, 0.2) is 122 Å². The van der Waals surface area contributed by atoms with Gasteiger partial charge in [-0.1, -0.05) is 238 Å². The van der Waals surface area contributed by atoms with Gasteiger partial charge >= 0.3 is 17.9 Å². The van der Waals surface area contributed by atoms with Gasteiger partial charge in [-0.25, -0.2) is 4.79 Å². The molecule has 0 bridgehead atoms. The molecule has 1 N–H and O–H groups in total. The number of ether oxygens (including phenoxy) is 4. The summed E-state index contributed by atoms with van der Waals surface area (Å²) < 4.78 is 22.8. The van der Waals surface area contributed by atoms with Crippen molar-refractivity contribution in [2.45, 2.75) is 245 Å². The Hall–Kier alpha value is -4.31. The van der Waals surface area contributed by atoms with E-state index < -0.39 is 24.3 Å². The minimum Gasteiger partial charge on any atom is -0.477 e. The van der Waals surface area contributed by atoms with Gasteiger partial charge in [-0.15, -0.1) is 0 Å². The summed E-state index contributed by atoms with van der Waals surface area (Å²) in [5.74, 6) is -2.10. The van der Waals surface area contributed by atoms with Crippen LogP contribution >= 0.6 is 0 Å². The lowest BCUT2D eigenvalue weighted by molar-refractivity contribution is -0.870. The lowest BCUT2D eigenvalue weighted by Crippen LogP contribution is -2.40. The van der Waals surface area contributed by atoms with Crippen LogP contribution in [0.1, 0.15) is 232 Å². The molecule has 0 aromatic carbocycles. The van der Waals surface area contributed by atoms with Gasteiger partial charge in [-0.3, -0.25) is 9.59 Å². The Morgan fingerprint density at radius 3 is 1.14 bits per heavy atom. The van der Waals surface area contributed by atoms with Crippen LogP contribution in [0.2, 0.25) is 0 Å². The zero-order valence-electron chi connectivity index (χ0n) is 49.8. The summed E-state index contributed by atoms with van der Waals surface area (Å²) >= 11 is 0. The van der Waals surface area contributed by atoms with Crippen LogP contribution in [-0.2, 0) is 33.3 Å². The van der Waals surface area contributed by atoms with Crippen LogP contribution in [0.3, 0.4) is 0 Å². The van der Waals surface area contributed by atoms with Gasteiger partial charge in [0.25, 0.3) is 6.29 Å². The van der Waals surface area contributed by atoms with Gasteiger partial charge in [0.15, 0.2) is 6.10 Å². The first kappa shape index (κ1) is 72.7. The summed E-state index contributed by atoms with van der Waals surface area (Å²) in [7, 11) is 5.94. The number of carboxylic acid groups (broad SMARTS) is 1. The zero-order valence-corrected chi connectivity index (χ0v) is 49.8. The third kappa shape index (κ3) is 59.2. The predicted molar refractivity (Wildman–Crippen MR) is 327 cm³/mol. The second kappa shape index (κ2) is 57.9. The molecule has 0 radical (unpaired) electrons. The number of hydrogen-bond acceptors (Lipinski definition) is 7. The maximum Gasteiger partial charge on any atom is 0.361 e. The van der Waals surface area contributed by atoms with Gasteiger partial charge < -0.3 is 28.5 Å². The van der Waals surface area contributed by atoms with Crippen molar-refractivity contribution in [2.75, 3.05) is 47.5 Å². The number of aliphatic carboxylic acids is 1. The lowest BCUT2D eigenvalue weighted by Gasteiger charge is -2.25. The van der Waals surface area contributed by atoms with Crippen LogP contribution in [0, 0.1) is 0 Å². The first-order chi connectivity index (χ1) is 37.6. The van der Waals surface area contributed by atoms with Crippen molar-refractivity contribution in [1.82, 2.24) is 0 Å². The van der Waals surface area contributed by atoms with E-state index in [0.717, 1.165) is 77.0 Å². The van der Waals surface area contributed by atoms with Gasteiger partial charge in [0, 0.05) is 12.8 Å². The number of esters is 2. The summed E-state index contributed by atoms with van der Waals surface area (Å²) in [4.78, 5) is 37.5. The Labute approximate surface area is 472 Å². The van der Waals surface area contributed by atoms with Crippen molar-refractivity contribution in [3.8, 4) is 0 Å². The maximum absolute atomic E-state index is 12.9. The normalized spacial score (nSPS) is 13.6. The number of hydrogen-bond donors (Lipinski definition) is 1. The minimum absolute atomic E-state index is 0.170. The molecule has 77 heavy (non-hydrogen) atoms. The molecule has 0 heterocycles. The quantitative estimate of drug-likeness (QED) is 0.0211. The van der Waals surface area contributed by atoms with Crippen LogP contribution < -0.4 is 0 Å². The van der Waals surface area contributed by atoms with E-state index in [2.05, 4.69) is 135 Å². The second-order valence-corrected chi connectivity index (χ2v) is 21.3. The fraction of sp³-hybridized carbons (Fsp3) is 0.662. The van der Waals surface area contributed by atoms with Gasteiger partial charge in [0.2, 0.25) is 0 Å². The maximum atomic E-state index is 12.9. The molecular formula is C68H114NO8+.